The number of rotatable bonds is 80. The third-order valence-corrected chi connectivity index (χ3v) is 23.8. The average molecular weight is 1700 g/mol. The molecule has 0 amide bonds. The molecule has 0 N–H and O–H groups in total. The Kier molecular flexibility index (Phi) is 69.5. The van der Waals surface area contributed by atoms with Gasteiger partial charge in [-0.15, -0.1) is 12.8 Å². The lowest BCUT2D eigenvalue weighted by Gasteiger charge is -2.15. The Hall–Kier alpha value is -7.36. The highest BCUT2D eigenvalue weighted by Crippen LogP contribution is 2.36. The number of terminal acetylenes is 2. The van der Waals surface area contributed by atoms with E-state index in [1.807, 2.05) is 48.5 Å². The largest absolute Gasteiger partial charge is 0.492 e. The van der Waals surface area contributed by atoms with Crippen LogP contribution in [0, 0.1) is 72.1 Å². The van der Waals surface area contributed by atoms with E-state index < -0.39 is 0 Å². The number of hydrogen-bond acceptors (Lipinski definition) is 8. The molecule has 0 atom stereocenters. The van der Waals surface area contributed by atoms with E-state index in [-0.39, 0.29) is 0 Å². The van der Waals surface area contributed by atoms with Crippen LogP contribution in [-0.2, 0) is 0 Å². The van der Waals surface area contributed by atoms with Crippen LogP contribution in [0.4, 0.5) is 0 Å². The van der Waals surface area contributed by atoms with Crippen molar-refractivity contribution in [2.45, 2.75) is 466 Å². The van der Waals surface area contributed by atoms with E-state index in [1.165, 1.54) is 308 Å². The fraction of sp³-hybridized carbons (Fsp3) is 0.690. The number of ether oxygens (including phenoxy) is 8. The maximum absolute atomic E-state index is 6.92. The molecule has 4 aromatic rings. The van der Waals surface area contributed by atoms with Gasteiger partial charge in [-0.05, 0) is 75.0 Å². The third kappa shape index (κ3) is 54.0. The molecule has 124 heavy (non-hydrogen) atoms. The standard InChI is InChI=1S/C116H178O8/c1-11-21-29-37-45-53-61-71-85-117-109-97-105(111(93-101(109)19-9)119-87-73-63-55-47-39-31-23-13-3)81-83-107-99-113(121-89-75-65-57-49-41-33-25-15-5)103(95-115(107)123-91-77-67-59-51-43-35-27-17-7)79-69-70-80-104-96-116(124-92-78-68-60-52-44-36-28-18-8)108(100-114(104)122-90-76-66-58-50-42-34-26-16-6)84-82-106-98-110(118-86-72-62-54-46-38-30-22-12-2)102(20-10)94-112(106)120-88-74-64-56-48-40-32-24-14-4/h9-10,93-100H,11-18,21-68,71-78,85-92H2,1-8H3. The monoisotopic (exact) mass is 1700 g/mol. The van der Waals surface area contributed by atoms with E-state index in [0.29, 0.717) is 121 Å². The molecule has 0 aliphatic rings. The van der Waals surface area contributed by atoms with Crippen LogP contribution in [0.25, 0.3) is 0 Å². The Bertz CT molecular complexity index is 3430. The summed E-state index contributed by atoms with van der Waals surface area (Å²) in [6, 6.07) is 16.1. The van der Waals surface area contributed by atoms with Gasteiger partial charge in [0.25, 0.3) is 0 Å². The van der Waals surface area contributed by atoms with Gasteiger partial charge in [0.05, 0.1) is 97.4 Å². The Morgan fingerprint density at radius 2 is 0.266 bits per heavy atom. The fourth-order valence-corrected chi connectivity index (χ4v) is 15.8. The molecular weight excluding hydrogens is 1520 g/mol. The van der Waals surface area contributed by atoms with Crippen LogP contribution in [0.3, 0.4) is 0 Å². The highest BCUT2D eigenvalue weighted by atomic mass is 16.5. The van der Waals surface area contributed by atoms with Gasteiger partial charge in [-0.3, -0.25) is 0 Å². The van der Waals surface area contributed by atoms with Crippen LogP contribution in [0.5, 0.6) is 46.0 Å². The molecule has 0 fully saturated rings. The highest BCUT2D eigenvalue weighted by molar-refractivity contribution is 5.66. The van der Waals surface area contributed by atoms with Crippen molar-refractivity contribution in [1.29, 1.82) is 0 Å². The van der Waals surface area contributed by atoms with Crippen molar-refractivity contribution < 1.29 is 37.9 Å². The Morgan fingerprint density at radius 3 is 0.403 bits per heavy atom. The van der Waals surface area contributed by atoms with Crippen LogP contribution in [0.2, 0.25) is 0 Å². The molecular formula is C116H178O8. The first-order valence-electron chi connectivity index (χ1n) is 52.0. The van der Waals surface area contributed by atoms with Gasteiger partial charge in [-0.2, -0.15) is 0 Å². The van der Waals surface area contributed by atoms with E-state index in [1.54, 1.807) is 0 Å². The maximum Gasteiger partial charge on any atom is 0.136 e. The van der Waals surface area contributed by atoms with Crippen molar-refractivity contribution in [3.63, 3.8) is 0 Å². The first-order chi connectivity index (χ1) is 61.3. The molecule has 8 heteroatoms. The first kappa shape index (κ1) is 109. The second-order valence-corrected chi connectivity index (χ2v) is 35.3. The molecule has 0 saturated carbocycles. The summed E-state index contributed by atoms with van der Waals surface area (Å²) in [7, 11) is 0. The zero-order chi connectivity index (χ0) is 88.5. The van der Waals surface area contributed by atoms with E-state index in [9.17, 15) is 0 Å². The Labute approximate surface area is 763 Å². The maximum atomic E-state index is 6.92. The summed E-state index contributed by atoms with van der Waals surface area (Å²) in [4.78, 5) is 0. The molecule has 4 rings (SSSR count). The third-order valence-electron chi connectivity index (χ3n) is 23.8. The Morgan fingerprint density at radius 1 is 0.153 bits per heavy atom. The fourth-order valence-electron chi connectivity index (χ4n) is 15.8. The van der Waals surface area contributed by atoms with Crippen molar-refractivity contribution in [2.24, 2.45) is 0 Å². The number of hydrogen-bond donors (Lipinski definition) is 0. The van der Waals surface area contributed by atoms with Crippen molar-refractivity contribution in [3.05, 3.63) is 93.0 Å². The van der Waals surface area contributed by atoms with Gasteiger partial charge in [0.1, 0.15) is 46.0 Å². The van der Waals surface area contributed by atoms with E-state index in [0.717, 1.165) is 125 Å². The molecule has 0 saturated heterocycles. The van der Waals surface area contributed by atoms with Crippen LogP contribution in [0.1, 0.15) is 511 Å². The van der Waals surface area contributed by atoms with Gasteiger partial charge in [-0.25, -0.2) is 0 Å². The molecule has 0 aromatic heterocycles. The zero-order valence-electron chi connectivity index (χ0n) is 81.0. The predicted molar refractivity (Wildman–Crippen MR) is 532 cm³/mol. The summed E-state index contributed by atoms with van der Waals surface area (Å²) in [6.07, 6.45) is 89.7. The zero-order valence-corrected chi connectivity index (χ0v) is 81.0. The van der Waals surface area contributed by atoms with E-state index >= 15 is 0 Å². The minimum Gasteiger partial charge on any atom is -0.492 e. The normalized spacial score (nSPS) is 10.9. The molecule has 4 aromatic carbocycles. The molecule has 0 spiro atoms. The summed E-state index contributed by atoms with van der Waals surface area (Å²) in [5.74, 6) is 39.3. The van der Waals surface area contributed by atoms with E-state index in [2.05, 4.69) is 115 Å². The summed E-state index contributed by atoms with van der Waals surface area (Å²) in [5, 5.41) is 0. The topological polar surface area (TPSA) is 73.8 Å². The molecule has 0 heterocycles. The highest BCUT2D eigenvalue weighted by Gasteiger charge is 2.18. The molecule has 0 aliphatic carbocycles. The van der Waals surface area contributed by atoms with Gasteiger partial charge in [0.15, 0.2) is 0 Å². The lowest BCUT2D eigenvalue weighted by Crippen LogP contribution is -2.04. The predicted octanol–water partition coefficient (Wildman–Crippen LogP) is 34.0. The molecule has 8 nitrogen and oxygen atoms in total. The van der Waals surface area contributed by atoms with Crippen molar-refractivity contribution in [3.8, 4) is 118 Å². The van der Waals surface area contributed by atoms with E-state index in [4.69, 9.17) is 50.7 Å². The SMILES string of the molecule is C#Cc1cc(OCCCCCCCCCC)c(C#Cc2cc(OCCCCCCCCCC)c(C#CC#Cc3cc(OCCCCCCCCCC)c(C#Cc4cc(OCCCCCCCCCC)c(C#C)cc4OCCCCCCCCCC)cc3OCCCCCCCCCC)cc2OCCCCCCCCCC)cc1OCCCCCCCCCC. The minimum absolute atomic E-state index is 0.541. The van der Waals surface area contributed by atoms with Crippen LogP contribution >= 0.6 is 0 Å². The lowest BCUT2D eigenvalue weighted by molar-refractivity contribution is 0.294. The summed E-state index contributed by atoms with van der Waals surface area (Å²) >= 11 is 0. The number of unbranched alkanes of at least 4 members (excludes halogenated alkanes) is 56. The summed E-state index contributed by atoms with van der Waals surface area (Å²) in [5.41, 5.74) is 5.63. The quantitative estimate of drug-likeness (QED) is 0.0320. The second kappa shape index (κ2) is 79.1. The Balaban J connectivity index is 1.98. The van der Waals surface area contributed by atoms with Crippen molar-refractivity contribution >= 4 is 0 Å². The first-order valence-corrected chi connectivity index (χ1v) is 52.0. The van der Waals surface area contributed by atoms with Crippen LogP contribution < -0.4 is 37.9 Å². The average Bonchev–Trinajstić information content (AvgIpc) is 0.827. The molecule has 0 aliphatic heterocycles. The van der Waals surface area contributed by atoms with Gasteiger partial charge >= 0.3 is 0 Å². The number of benzene rings is 4. The van der Waals surface area contributed by atoms with Gasteiger partial charge in [0.2, 0.25) is 0 Å². The molecule has 0 unspecified atom stereocenters. The van der Waals surface area contributed by atoms with Crippen LogP contribution in [-0.4, -0.2) is 52.9 Å². The molecule has 690 valence electrons. The summed E-state index contributed by atoms with van der Waals surface area (Å²) < 4.78 is 54.2. The smallest absolute Gasteiger partial charge is 0.136 e. The van der Waals surface area contributed by atoms with Gasteiger partial charge in [-0.1, -0.05) is 450 Å². The van der Waals surface area contributed by atoms with Gasteiger partial charge in [0, 0.05) is 48.5 Å². The lowest BCUT2D eigenvalue weighted by atomic mass is 10.1. The van der Waals surface area contributed by atoms with Crippen LogP contribution in [0.15, 0.2) is 48.5 Å². The van der Waals surface area contributed by atoms with Crippen molar-refractivity contribution in [1.82, 2.24) is 0 Å². The second-order valence-electron chi connectivity index (χ2n) is 35.3. The molecule has 0 radical (unpaired) electrons. The van der Waals surface area contributed by atoms with Gasteiger partial charge < -0.3 is 37.9 Å². The molecule has 0 bridgehead atoms. The minimum atomic E-state index is 0.541. The van der Waals surface area contributed by atoms with Crippen molar-refractivity contribution in [2.75, 3.05) is 52.9 Å². The summed E-state index contributed by atoms with van der Waals surface area (Å²) in [6.45, 7) is 22.7.